The first kappa shape index (κ1) is 19.2. The van der Waals surface area contributed by atoms with Crippen molar-refractivity contribution in [1.29, 1.82) is 0 Å². The quantitative estimate of drug-likeness (QED) is 0.396. The van der Waals surface area contributed by atoms with Crippen LogP contribution in [0.3, 0.4) is 0 Å². The fourth-order valence-electron chi connectivity index (χ4n) is 2.29. The molecule has 1 aromatic carbocycles. The molecule has 1 saturated heterocycles. The number of carbonyl (C=O) groups is 1. The Morgan fingerprint density at radius 3 is 2.73 bits per heavy atom. The molecular formula is C15H22BrIN4O. The molecule has 0 saturated carbocycles. The van der Waals surface area contributed by atoms with Gasteiger partial charge in [0.1, 0.15) is 6.54 Å². The molecule has 1 fully saturated rings. The van der Waals surface area contributed by atoms with Crippen LogP contribution in [-0.4, -0.2) is 36.4 Å². The minimum atomic E-state index is -0.156. The lowest BCUT2D eigenvalue weighted by Gasteiger charge is -2.27. The van der Waals surface area contributed by atoms with Gasteiger partial charge in [0, 0.05) is 23.2 Å². The van der Waals surface area contributed by atoms with E-state index in [-0.39, 0.29) is 36.4 Å². The summed E-state index contributed by atoms with van der Waals surface area (Å²) in [6.45, 7) is 3.87. The number of aliphatic imine (C=N–C) groups is 1. The summed E-state index contributed by atoms with van der Waals surface area (Å²) in [5.41, 5.74) is 7.74. The molecule has 0 radical (unpaired) electrons. The van der Waals surface area contributed by atoms with Crippen molar-refractivity contribution in [2.75, 3.05) is 25.0 Å². The molecule has 1 amide bonds. The van der Waals surface area contributed by atoms with Crippen molar-refractivity contribution in [2.45, 2.75) is 26.2 Å². The maximum absolute atomic E-state index is 12.0. The third-order valence-corrected chi connectivity index (χ3v) is 4.03. The number of hydrogen-bond donors (Lipinski definition) is 2. The number of likely N-dealkylation sites (tertiary alicyclic amines) is 1. The number of rotatable bonds is 3. The number of piperidine rings is 1. The molecule has 1 aromatic rings. The Labute approximate surface area is 156 Å². The van der Waals surface area contributed by atoms with Gasteiger partial charge in [-0.05, 0) is 43.9 Å². The van der Waals surface area contributed by atoms with Crippen LogP contribution in [0.2, 0.25) is 0 Å². The van der Waals surface area contributed by atoms with E-state index in [4.69, 9.17) is 5.73 Å². The monoisotopic (exact) mass is 480 g/mol. The van der Waals surface area contributed by atoms with Crippen LogP contribution >= 0.6 is 39.9 Å². The Bertz CT molecular complexity index is 544. The van der Waals surface area contributed by atoms with Gasteiger partial charge < -0.3 is 16.0 Å². The zero-order valence-corrected chi connectivity index (χ0v) is 16.6. The standard InChI is InChI=1S/C15H21BrN4O.HI/c1-11-5-6-12(16)9-13(11)19-14(21)10-18-15(17)20-7-3-2-4-8-20;/h5-6,9H,2-4,7-8,10H2,1H3,(H2,17,18)(H,19,21);1H. The molecular weight excluding hydrogens is 459 g/mol. The van der Waals surface area contributed by atoms with Crippen LogP contribution in [0.5, 0.6) is 0 Å². The number of halogens is 2. The van der Waals surface area contributed by atoms with Crippen molar-refractivity contribution in [1.82, 2.24) is 4.90 Å². The SMILES string of the molecule is Cc1ccc(Br)cc1NC(=O)CN=C(N)N1CCCCC1.I. The average molecular weight is 481 g/mol. The number of nitrogens with zero attached hydrogens (tertiary/aromatic N) is 2. The van der Waals surface area contributed by atoms with E-state index in [1.54, 1.807) is 0 Å². The van der Waals surface area contributed by atoms with E-state index in [0.29, 0.717) is 5.96 Å². The molecule has 0 bridgehead atoms. The van der Waals surface area contributed by atoms with Crippen LogP contribution in [-0.2, 0) is 4.79 Å². The topological polar surface area (TPSA) is 70.7 Å². The second-order valence-electron chi connectivity index (χ2n) is 5.23. The first-order valence-corrected chi connectivity index (χ1v) is 7.96. The third-order valence-electron chi connectivity index (χ3n) is 3.54. The number of aryl methyl sites for hydroxylation is 1. The number of anilines is 1. The Hall–Kier alpha value is -0.830. The Balaban J connectivity index is 0.00000242. The first-order valence-electron chi connectivity index (χ1n) is 7.17. The van der Waals surface area contributed by atoms with Crippen LogP contribution in [0.1, 0.15) is 24.8 Å². The fraction of sp³-hybridized carbons (Fsp3) is 0.467. The summed E-state index contributed by atoms with van der Waals surface area (Å²) in [6.07, 6.45) is 3.52. The lowest BCUT2D eigenvalue weighted by atomic mass is 10.1. The van der Waals surface area contributed by atoms with Gasteiger partial charge in [-0.2, -0.15) is 0 Å². The van der Waals surface area contributed by atoms with Crippen molar-refractivity contribution in [2.24, 2.45) is 10.7 Å². The largest absolute Gasteiger partial charge is 0.370 e. The van der Waals surface area contributed by atoms with Crippen molar-refractivity contribution in [3.63, 3.8) is 0 Å². The van der Waals surface area contributed by atoms with Gasteiger partial charge in [-0.3, -0.25) is 4.79 Å². The highest BCUT2D eigenvalue weighted by Gasteiger charge is 2.12. The molecule has 0 aliphatic carbocycles. The van der Waals surface area contributed by atoms with Gasteiger partial charge in [-0.25, -0.2) is 4.99 Å². The van der Waals surface area contributed by atoms with E-state index in [1.807, 2.05) is 30.0 Å². The number of carbonyl (C=O) groups excluding carboxylic acids is 1. The number of nitrogens with two attached hydrogens (primary N) is 1. The van der Waals surface area contributed by atoms with Crippen LogP contribution in [0.15, 0.2) is 27.7 Å². The molecule has 0 aromatic heterocycles. The van der Waals surface area contributed by atoms with Gasteiger partial charge in [-0.15, -0.1) is 24.0 Å². The Morgan fingerprint density at radius 1 is 1.36 bits per heavy atom. The van der Waals surface area contributed by atoms with Crippen LogP contribution in [0.4, 0.5) is 5.69 Å². The van der Waals surface area contributed by atoms with Gasteiger partial charge in [0.05, 0.1) is 0 Å². The summed E-state index contributed by atoms with van der Waals surface area (Å²) >= 11 is 3.40. The minimum absolute atomic E-state index is 0. The van der Waals surface area contributed by atoms with Crippen LogP contribution in [0, 0.1) is 6.92 Å². The van der Waals surface area contributed by atoms with E-state index in [2.05, 4.69) is 26.2 Å². The lowest BCUT2D eigenvalue weighted by Crippen LogP contribution is -2.41. The fourth-order valence-corrected chi connectivity index (χ4v) is 2.66. The molecule has 0 unspecified atom stereocenters. The van der Waals surface area contributed by atoms with Gasteiger partial charge >= 0.3 is 0 Å². The lowest BCUT2D eigenvalue weighted by molar-refractivity contribution is -0.114. The third kappa shape index (κ3) is 5.75. The van der Waals surface area contributed by atoms with Gasteiger partial charge in [0.15, 0.2) is 5.96 Å². The molecule has 1 aliphatic heterocycles. The van der Waals surface area contributed by atoms with Crippen molar-refractivity contribution in [3.8, 4) is 0 Å². The summed E-state index contributed by atoms with van der Waals surface area (Å²) in [6, 6.07) is 5.77. The molecule has 22 heavy (non-hydrogen) atoms. The summed E-state index contributed by atoms with van der Waals surface area (Å²) < 4.78 is 0.930. The number of amides is 1. The summed E-state index contributed by atoms with van der Waals surface area (Å²) in [5, 5.41) is 2.86. The van der Waals surface area contributed by atoms with E-state index in [9.17, 15) is 4.79 Å². The summed E-state index contributed by atoms with van der Waals surface area (Å²) in [5.74, 6) is 0.312. The highest BCUT2D eigenvalue weighted by Crippen LogP contribution is 2.20. The predicted molar refractivity (Wildman–Crippen MR) is 105 cm³/mol. The minimum Gasteiger partial charge on any atom is -0.370 e. The molecule has 3 N–H and O–H groups in total. The first-order chi connectivity index (χ1) is 10.1. The number of nitrogens with one attached hydrogen (secondary N) is 1. The van der Waals surface area contributed by atoms with Crippen LogP contribution < -0.4 is 11.1 Å². The molecule has 5 nitrogen and oxygen atoms in total. The smallest absolute Gasteiger partial charge is 0.246 e. The normalized spacial score (nSPS) is 15.2. The molecule has 0 spiro atoms. The maximum Gasteiger partial charge on any atom is 0.246 e. The predicted octanol–water partition coefficient (Wildman–Crippen LogP) is 3.11. The van der Waals surface area contributed by atoms with Crippen LogP contribution in [0.25, 0.3) is 0 Å². The summed E-state index contributed by atoms with van der Waals surface area (Å²) in [7, 11) is 0. The van der Waals surface area contributed by atoms with Crippen molar-refractivity contribution >= 4 is 57.5 Å². The zero-order chi connectivity index (χ0) is 15.2. The van der Waals surface area contributed by atoms with E-state index >= 15 is 0 Å². The van der Waals surface area contributed by atoms with E-state index < -0.39 is 0 Å². The number of hydrogen-bond acceptors (Lipinski definition) is 2. The molecule has 1 aliphatic rings. The average Bonchev–Trinajstić information content (AvgIpc) is 2.49. The Morgan fingerprint density at radius 2 is 2.05 bits per heavy atom. The molecule has 7 heteroatoms. The molecule has 0 atom stereocenters. The molecule has 2 rings (SSSR count). The highest BCUT2D eigenvalue weighted by molar-refractivity contribution is 14.0. The Kier molecular flexibility index (Phi) is 8.16. The maximum atomic E-state index is 12.0. The molecule has 1 heterocycles. The van der Waals surface area contributed by atoms with Crippen molar-refractivity contribution < 1.29 is 4.79 Å². The zero-order valence-electron chi connectivity index (χ0n) is 12.6. The number of benzene rings is 1. The summed E-state index contributed by atoms with van der Waals surface area (Å²) in [4.78, 5) is 18.2. The second kappa shape index (κ2) is 9.34. The highest BCUT2D eigenvalue weighted by atomic mass is 127. The van der Waals surface area contributed by atoms with Gasteiger partial charge in [0.25, 0.3) is 0 Å². The van der Waals surface area contributed by atoms with Gasteiger partial charge in [0.2, 0.25) is 5.91 Å². The van der Waals surface area contributed by atoms with E-state index in [1.165, 1.54) is 6.42 Å². The second-order valence-corrected chi connectivity index (χ2v) is 6.15. The van der Waals surface area contributed by atoms with Crippen molar-refractivity contribution in [3.05, 3.63) is 28.2 Å². The van der Waals surface area contributed by atoms with E-state index in [0.717, 1.165) is 41.7 Å². The molecule has 122 valence electrons. The van der Waals surface area contributed by atoms with Gasteiger partial charge in [-0.1, -0.05) is 22.0 Å². The number of guanidine groups is 1.